The Morgan fingerprint density at radius 2 is 1.67 bits per heavy atom. The largest absolute Gasteiger partial charge is 1.00 e. The van der Waals surface area contributed by atoms with Gasteiger partial charge in [-0.2, -0.15) is 0 Å². The number of carbonyl (C=O) groups is 1. The Morgan fingerprint density at radius 3 is 2.29 bits per heavy atom. The zero-order valence-electron chi connectivity index (χ0n) is 14.2. The summed E-state index contributed by atoms with van der Waals surface area (Å²) in [7, 11) is 0. The fourth-order valence-corrected chi connectivity index (χ4v) is 2.09. The molecular formula is C16H20LiNO3. The first-order valence-electron chi connectivity index (χ1n) is 6.47. The summed E-state index contributed by atoms with van der Waals surface area (Å²) in [5.74, 6) is 1.13. The molecule has 21 heavy (non-hydrogen) atoms. The minimum absolute atomic E-state index is 0. The van der Waals surface area contributed by atoms with E-state index in [2.05, 4.69) is 0 Å². The number of rotatable bonds is 3. The van der Waals surface area contributed by atoms with Gasteiger partial charge in [-0.25, -0.2) is 0 Å². The van der Waals surface area contributed by atoms with Crippen LogP contribution in [0.15, 0.2) is 34.9 Å². The third kappa shape index (κ3) is 3.52. The van der Waals surface area contributed by atoms with Crippen LogP contribution in [0.5, 0.6) is 11.5 Å². The number of hydrogen-bond acceptors (Lipinski definition) is 3. The first-order chi connectivity index (χ1) is 9.41. The van der Waals surface area contributed by atoms with E-state index < -0.39 is 0 Å². The molecule has 0 aromatic heterocycles. The average Bonchev–Trinajstić information content (AvgIpc) is 2.91. The van der Waals surface area contributed by atoms with E-state index in [0.29, 0.717) is 5.57 Å². The summed E-state index contributed by atoms with van der Waals surface area (Å²) in [6.07, 6.45) is 0. The van der Waals surface area contributed by atoms with Gasteiger partial charge in [0.05, 0.1) is 0 Å². The van der Waals surface area contributed by atoms with Crippen molar-refractivity contribution in [1.82, 2.24) is 0 Å². The Bertz CT molecular complexity index is 638. The van der Waals surface area contributed by atoms with Crippen molar-refractivity contribution in [3.63, 3.8) is 0 Å². The molecule has 1 aromatic carbocycles. The second kappa shape index (κ2) is 6.88. The molecule has 4 nitrogen and oxygen atoms in total. The Kier molecular flexibility index (Phi) is 5.71. The quantitative estimate of drug-likeness (QED) is 0.487. The van der Waals surface area contributed by atoms with Crippen LogP contribution in [0.3, 0.4) is 0 Å². The summed E-state index contributed by atoms with van der Waals surface area (Å²) in [6, 6.07) is 5.84. The van der Waals surface area contributed by atoms with Crippen LogP contribution in [0.4, 0.5) is 0 Å². The van der Waals surface area contributed by atoms with E-state index in [1.165, 1.54) is 0 Å². The molecule has 1 heterocycles. The number of fused-ring (bicyclic) bond motifs is 1. The van der Waals surface area contributed by atoms with Crippen LogP contribution < -0.4 is 34.1 Å². The normalized spacial score (nSPS) is 14.9. The maximum absolute atomic E-state index is 11.3. The van der Waals surface area contributed by atoms with Gasteiger partial charge < -0.3 is 16.6 Å². The molecule has 5 heteroatoms. The Morgan fingerprint density at radius 1 is 1.05 bits per heavy atom. The summed E-state index contributed by atoms with van der Waals surface area (Å²) in [4.78, 5) is 11.3. The van der Waals surface area contributed by atoms with E-state index in [-0.39, 0.29) is 33.0 Å². The molecule has 0 saturated heterocycles. The summed E-state index contributed by atoms with van der Waals surface area (Å²) in [5, 5.41) is 0. The number of hydrogen-bond donors (Lipinski definition) is 1. The second-order valence-corrected chi connectivity index (χ2v) is 4.93. The number of amides is 1. The third-order valence-corrected chi connectivity index (χ3v) is 3.86. The van der Waals surface area contributed by atoms with Gasteiger partial charge in [-0.15, -0.1) is 0 Å². The fraction of sp³-hybridized carbons (Fsp3) is 0.312. The summed E-state index contributed by atoms with van der Waals surface area (Å²) >= 11 is 0. The summed E-state index contributed by atoms with van der Waals surface area (Å²) < 4.78 is 10.7. The number of nitrogens with two attached hydrogens (primary N) is 1. The molecule has 2 rings (SSSR count). The molecule has 0 spiro atoms. The molecule has 1 aliphatic heterocycles. The number of primary amides is 1. The van der Waals surface area contributed by atoms with Crippen molar-refractivity contribution in [3.05, 3.63) is 40.5 Å². The molecule has 1 aromatic rings. The van der Waals surface area contributed by atoms with Crippen molar-refractivity contribution >= 4 is 11.5 Å². The minimum Gasteiger partial charge on any atom is -1.00 e. The monoisotopic (exact) mass is 281 g/mol. The van der Waals surface area contributed by atoms with E-state index in [1.54, 1.807) is 6.92 Å². The smallest absolute Gasteiger partial charge is 1.00 e. The summed E-state index contributed by atoms with van der Waals surface area (Å²) in [5.41, 5.74) is 10.00. The van der Waals surface area contributed by atoms with E-state index in [0.717, 1.165) is 33.8 Å². The fourth-order valence-electron chi connectivity index (χ4n) is 2.09. The van der Waals surface area contributed by atoms with Gasteiger partial charge in [0.1, 0.15) is 0 Å². The molecule has 108 valence electrons. The molecular weight excluding hydrogens is 261 g/mol. The Labute approximate surface area is 138 Å². The van der Waals surface area contributed by atoms with E-state index >= 15 is 0 Å². The van der Waals surface area contributed by atoms with Gasteiger partial charge in [-0.1, -0.05) is 6.07 Å². The Balaban J connectivity index is 0.00000220. The van der Waals surface area contributed by atoms with E-state index in [1.807, 2.05) is 39.0 Å². The van der Waals surface area contributed by atoms with Crippen molar-refractivity contribution in [2.24, 2.45) is 5.73 Å². The van der Waals surface area contributed by atoms with Crippen molar-refractivity contribution < 1.29 is 34.6 Å². The number of allylic oxidation sites excluding steroid dienone is 3. The number of benzene rings is 1. The van der Waals surface area contributed by atoms with Gasteiger partial charge >= 0.3 is 18.9 Å². The second-order valence-electron chi connectivity index (χ2n) is 4.93. The third-order valence-electron chi connectivity index (χ3n) is 3.86. The van der Waals surface area contributed by atoms with Crippen LogP contribution in [-0.4, -0.2) is 12.7 Å². The van der Waals surface area contributed by atoms with Crippen molar-refractivity contribution in [3.8, 4) is 11.5 Å². The minimum atomic E-state index is -0.389. The average molecular weight is 281 g/mol. The Hall–Kier alpha value is -1.63. The predicted molar refractivity (Wildman–Crippen MR) is 79.5 cm³/mol. The molecule has 0 unspecified atom stereocenters. The number of ether oxygens (including phenoxy) is 2. The topological polar surface area (TPSA) is 61.6 Å². The van der Waals surface area contributed by atoms with Crippen molar-refractivity contribution in [2.75, 3.05) is 6.79 Å². The van der Waals surface area contributed by atoms with Crippen LogP contribution in [0.2, 0.25) is 0 Å². The number of carbonyl (C=O) groups excluding carboxylic acids is 1. The van der Waals surface area contributed by atoms with Gasteiger partial charge in [0, 0.05) is 5.57 Å². The first-order valence-corrected chi connectivity index (χ1v) is 6.47. The van der Waals surface area contributed by atoms with Gasteiger partial charge in [0.2, 0.25) is 12.7 Å². The van der Waals surface area contributed by atoms with Crippen LogP contribution in [-0.2, 0) is 4.79 Å². The molecule has 0 bridgehead atoms. The van der Waals surface area contributed by atoms with Crippen LogP contribution in [0.1, 0.15) is 34.7 Å². The molecule has 2 N–H and O–H groups in total. The van der Waals surface area contributed by atoms with Crippen LogP contribution in [0, 0.1) is 0 Å². The molecule has 1 amide bonds. The zero-order valence-corrected chi connectivity index (χ0v) is 13.2. The van der Waals surface area contributed by atoms with Crippen LogP contribution >= 0.6 is 0 Å². The first kappa shape index (κ1) is 17.4. The molecule has 0 atom stereocenters. The molecule has 0 aliphatic carbocycles. The molecule has 0 fully saturated rings. The van der Waals surface area contributed by atoms with Crippen LogP contribution in [0.25, 0.3) is 5.57 Å². The van der Waals surface area contributed by atoms with E-state index in [4.69, 9.17) is 15.2 Å². The van der Waals surface area contributed by atoms with E-state index in [9.17, 15) is 4.79 Å². The van der Waals surface area contributed by atoms with Gasteiger partial charge in [0.25, 0.3) is 0 Å². The van der Waals surface area contributed by atoms with Crippen molar-refractivity contribution in [2.45, 2.75) is 27.7 Å². The summed E-state index contributed by atoms with van der Waals surface area (Å²) in [6.45, 7) is 7.92. The maximum atomic E-state index is 11.3. The maximum Gasteiger partial charge on any atom is 1.00 e. The molecule has 1 aliphatic rings. The van der Waals surface area contributed by atoms with Gasteiger partial charge in [-0.3, -0.25) is 4.79 Å². The van der Waals surface area contributed by atoms with Gasteiger partial charge in [-0.05, 0) is 62.1 Å². The SMILES string of the molecule is CC(C(N)=O)=C(C)C(C)=C(C)c1ccc2c(c1)OCO2.[H-].[Li+]. The van der Waals surface area contributed by atoms with Crippen molar-refractivity contribution in [1.29, 1.82) is 0 Å². The predicted octanol–water partition coefficient (Wildman–Crippen LogP) is 0.147. The standard InChI is InChI=1S/C16H19NO3.Li.H/c1-9(10(2)12(4)16(17)18)11(3)13-5-6-14-15(7-13)20-8-19-14;;/h5-7H,8H2,1-4H3,(H2,17,18);;/q;+1;-1. The molecule has 0 radical (unpaired) electrons. The zero-order chi connectivity index (χ0) is 14.9. The molecule has 0 saturated carbocycles. The van der Waals surface area contributed by atoms with Gasteiger partial charge in [0.15, 0.2) is 11.5 Å².